The summed E-state index contributed by atoms with van der Waals surface area (Å²) in [6.45, 7) is 0.216. The van der Waals surface area contributed by atoms with Crippen LogP contribution in [0.15, 0.2) is 10.9 Å². The first-order valence-electron chi connectivity index (χ1n) is 6.00. The summed E-state index contributed by atoms with van der Waals surface area (Å²) < 4.78 is 0. The Kier molecular flexibility index (Phi) is 3.36. The fourth-order valence-corrected chi connectivity index (χ4v) is 1.63. The zero-order valence-electron chi connectivity index (χ0n) is 10.9. The molecule has 1 fully saturated rings. The number of aromatic nitrogens is 2. The van der Waals surface area contributed by atoms with Crippen molar-refractivity contribution in [2.75, 3.05) is 32.6 Å². The Morgan fingerprint density at radius 1 is 1.44 bits per heavy atom. The molecule has 0 aromatic carbocycles. The summed E-state index contributed by atoms with van der Waals surface area (Å²) in [5, 5.41) is 0. The first-order chi connectivity index (χ1) is 8.47. The predicted molar refractivity (Wildman–Crippen MR) is 68.8 cm³/mol. The van der Waals surface area contributed by atoms with Gasteiger partial charge in [-0.15, -0.1) is 0 Å². The van der Waals surface area contributed by atoms with Gasteiger partial charge in [0, 0.05) is 33.1 Å². The van der Waals surface area contributed by atoms with E-state index < -0.39 is 0 Å². The molecule has 0 bridgehead atoms. The van der Waals surface area contributed by atoms with E-state index in [9.17, 15) is 9.59 Å². The molecule has 1 N–H and O–H groups in total. The van der Waals surface area contributed by atoms with Crippen LogP contribution >= 0.6 is 0 Å². The Hall–Kier alpha value is -1.85. The van der Waals surface area contributed by atoms with E-state index in [0.717, 1.165) is 18.7 Å². The lowest BCUT2D eigenvalue weighted by Gasteiger charge is -2.20. The van der Waals surface area contributed by atoms with Crippen LogP contribution in [0, 0.1) is 0 Å². The molecule has 1 heterocycles. The second-order valence-corrected chi connectivity index (χ2v) is 4.91. The lowest BCUT2D eigenvalue weighted by atomic mass is 10.3. The number of hydrogen-bond acceptors (Lipinski definition) is 4. The molecule has 1 amide bonds. The second kappa shape index (κ2) is 4.80. The van der Waals surface area contributed by atoms with Crippen molar-refractivity contribution in [3.63, 3.8) is 0 Å². The molecule has 18 heavy (non-hydrogen) atoms. The monoisotopic (exact) mass is 250 g/mol. The van der Waals surface area contributed by atoms with Gasteiger partial charge in [-0.2, -0.15) is 0 Å². The Morgan fingerprint density at radius 3 is 2.67 bits per heavy atom. The minimum Gasteiger partial charge on any atom is -0.350 e. The summed E-state index contributed by atoms with van der Waals surface area (Å²) >= 11 is 0. The van der Waals surface area contributed by atoms with Crippen LogP contribution in [0.3, 0.4) is 0 Å². The highest BCUT2D eigenvalue weighted by molar-refractivity contribution is 5.80. The molecule has 2 rings (SSSR count). The van der Waals surface area contributed by atoms with Gasteiger partial charge in [0.25, 0.3) is 5.56 Å². The van der Waals surface area contributed by atoms with Crippen LogP contribution in [-0.4, -0.2) is 48.5 Å². The fraction of sp³-hybridized carbons (Fsp3) is 0.583. The number of nitrogens with one attached hydrogen (secondary N) is 1. The van der Waals surface area contributed by atoms with E-state index in [1.54, 1.807) is 26.0 Å². The van der Waals surface area contributed by atoms with E-state index in [1.165, 1.54) is 11.0 Å². The summed E-state index contributed by atoms with van der Waals surface area (Å²) in [6, 6.07) is 1.43. The van der Waals surface area contributed by atoms with Gasteiger partial charge in [0.05, 0.1) is 6.54 Å². The molecule has 1 aromatic rings. The number of rotatable bonds is 4. The van der Waals surface area contributed by atoms with Crippen LogP contribution in [0.5, 0.6) is 0 Å². The van der Waals surface area contributed by atoms with E-state index in [4.69, 9.17) is 0 Å². The maximum atomic E-state index is 11.6. The van der Waals surface area contributed by atoms with Crippen LogP contribution in [0.4, 0.5) is 5.82 Å². The molecular formula is C12H18N4O2. The topological polar surface area (TPSA) is 69.3 Å². The molecule has 1 aromatic heterocycles. The standard InChI is InChI=1S/C12H18N4O2/c1-15(2)11(18)7-16(3)9-6-10(17)14-12(13-9)8-4-5-8/h6,8H,4-5,7H2,1-3H3,(H,13,14,17). The van der Waals surface area contributed by atoms with Crippen molar-refractivity contribution in [1.29, 1.82) is 0 Å². The first kappa shape index (κ1) is 12.6. The van der Waals surface area contributed by atoms with Crippen LogP contribution < -0.4 is 10.5 Å². The molecule has 1 aliphatic rings. The Morgan fingerprint density at radius 2 is 2.11 bits per heavy atom. The Labute approximate surface area is 106 Å². The predicted octanol–water partition coefficient (Wildman–Crippen LogP) is 0.172. The zero-order chi connectivity index (χ0) is 13.3. The number of amides is 1. The number of aromatic amines is 1. The van der Waals surface area contributed by atoms with Crippen molar-refractivity contribution < 1.29 is 4.79 Å². The van der Waals surface area contributed by atoms with Gasteiger partial charge < -0.3 is 14.8 Å². The van der Waals surface area contributed by atoms with Crippen molar-refractivity contribution in [2.24, 2.45) is 0 Å². The smallest absolute Gasteiger partial charge is 0.252 e. The summed E-state index contributed by atoms with van der Waals surface area (Å²) in [6.07, 6.45) is 2.15. The lowest BCUT2D eigenvalue weighted by molar-refractivity contribution is -0.127. The summed E-state index contributed by atoms with van der Waals surface area (Å²) in [5.74, 6) is 1.65. The lowest BCUT2D eigenvalue weighted by Crippen LogP contribution is -2.35. The third-order valence-corrected chi connectivity index (χ3v) is 2.97. The van der Waals surface area contributed by atoms with Gasteiger partial charge in [-0.25, -0.2) is 4.98 Å². The molecule has 0 aliphatic heterocycles. The second-order valence-electron chi connectivity index (χ2n) is 4.91. The van der Waals surface area contributed by atoms with Crippen molar-refractivity contribution in [1.82, 2.24) is 14.9 Å². The van der Waals surface area contributed by atoms with E-state index in [0.29, 0.717) is 11.7 Å². The summed E-state index contributed by atoms with van der Waals surface area (Å²) in [7, 11) is 5.17. The maximum absolute atomic E-state index is 11.6. The van der Waals surface area contributed by atoms with E-state index in [2.05, 4.69) is 9.97 Å². The van der Waals surface area contributed by atoms with Crippen molar-refractivity contribution in [3.8, 4) is 0 Å². The molecule has 0 radical (unpaired) electrons. The number of carbonyl (C=O) groups is 1. The molecule has 1 aliphatic carbocycles. The molecular weight excluding hydrogens is 232 g/mol. The van der Waals surface area contributed by atoms with Crippen LogP contribution in [0.2, 0.25) is 0 Å². The highest BCUT2D eigenvalue weighted by Gasteiger charge is 2.26. The molecule has 6 heteroatoms. The normalized spacial score (nSPS) is 14.4. The van der Waals surface area contributed by atoms with E-state index in [-0.39, 0.29) is 18.0 Å². The van der Waals surface area contributed by atoms with Crippen molar-refractivity contribution in [3.05, 3.63) is 22.2 Å². The Balaban J connectivity index is 2.16. The minimum atomic E-state index is -0.161. The highest BCUT2D eigenvalue weighted by Crippen LogP contribution is 2.37. The third kappa shape index (κ3) is 2.88. The molecule has 0 unspecified atom stereocenters. The fourth-order valence-electron chi connectivity index (χ4n) is 1.63. The quantitative estimate of drug-likeness (QED) is 0.827. The molecule has 1 saturated carbocycles. The molecule has 0 spiro atoms. The van der Waals surface area contributed by atoms with Crippen LogP contribution in [0.1, 0.15) is 24.6 Å². The van der Waals surface area contributed by atoms with Crippen LogP contribution in [-0.2, 0) is 4.79 Å². The van der Waals surface area contributed by atoms with Crippen molar-refractivity contribution in [2.45, 2.75) is 18.8 Å². The largest absolute Gasteiger partial charge is 0.350 e. The average Bonchev–Trinajstić information content (AvgIpc) is 3.11. The molecule has 6 nitrogen and oxygen atoms in total. The van der Waals surface area contributed by atoms with Gasteiger partial charge in [-0.3, -0.25) is 9.59 Å². The zero-order valence-corrected chi connectivity index (χ0v) is 10.9. The number of H-pyrrole nitrogens is 1. The first-order valence-corrected chi connectivity index (χ1v) is 6.00. The summed E-state index contributed by atoms with van der Waals surface area (Å²) in [5.41, 5.74) is -0.161. The Bertz CT molecular complexity index is 505. The van der Waals surface area contributed by atoms with Gasteiger partial charge in [-0.1, -0.05) is 0 Å². The minimum absolute atomic E-state index is 0.0208. The number of carbonyl (C=O) groups excluding carboxylic acids is 1. The van der Waals surface area contributed by atoms with Gasteiger partial charge in [0.2, 0.25) is 5.91 Å². The number of likely N-dealkylation sites (N-methyl/N-ethyl adjacent to an activating group) is 2. The van der Waals surface area contributed by atoms with Gasteiger partial charge in [0.1, 0.15) is 11.6 Å². The summed E-state index contributed by atoms with van der Waals surface area (Å²) in [4.78, 5) is 33.5. The third-order valence-electron chi connectivity index (χ3n) is 2.97. The van der Waals surface area contributed by atoms with Gasteiger partial charge in [0.15, 0.2) is 0 Å². The van der Waals surface area contributed by atoms with Gasteiger partial charge >= 0.3 is 0 Å². The molecule has 0 atom stereocenters. The van der Waals surface area contributed by atoms with E-state index >= 15 is 0 Å². The van der Waals surface area contributed by atoms with E-state index in [1.807, 2.05) is 0 Å². The number of nitrogens with zero attached hydrogens (tertiary/aromatic N) is 3. The SMILES string of the molecule is CN(C)C(=O)CN(C)c1cc(=O)[nH]c(C2CC2)n1. The number of hydrogen-bond donors (Lipinski definition) is 1. The van der Waals surface area contributed by atoms with Crippen molar-refractivity contribution >= 4 is 11.7 Å². The van der Waals surface area contributed by atoms with Gasteiger partial charge in [-0.05, 0) is 12.8 Å². The average molecular weight is 250 g/mol. The maximum Gasteiger partial charge on any atom is 0.252 e. The molecule has 0 saturated heterocycles. The molecule has 98 valence electrons. The number of anilines is 1. The highest BCUT2D eigenvalue weighted by atomic mass is 16.2. The van der Waals surface area contributed by atoms with Crippen LogP contribution in [0.25, 0.3) is 0 Å².